The summed E-state index contributed by atoms with van der Waals surface area (Å²) in [5.74, 6) is 0.375. The normalized spacial score (nSPS) is 12.6. The number of hydrogen-bond acceptors (Lipinski definition) is 7. The summed E-state index contributed by atoms with van der Waals surface area (Å²) in [6.07, 6.45) is 2.64. The van der Waals surface area contributed by atoms with Gasteiger partial charge in [0.2, 0.25) is 14.2 Å². The zero-order valence-electron chi connectivity index (χ0n) is 11.7. The van der Waals surface area contributed by atoms with Gasteiger partial charge in [-0.1, -0.05) is 20.8 Å². The van der Waals surface area contributed by atoms with Crippen LogP contribution in [0.1, 0.15) is 26.5 Å². The first-order valence-corrected chi connectivity index (χ1v) is 8.65. The first kappa shape index (κ1) is 14.9. The van der Waals surface area contributed by atoms with Gasteiger partial charge >= 0.3 is 0 Å². The Labute approximate surface area is 122 Å². The van der Waals surface area contributed by atoms with Gasteiger partial charge in [0.05, 0.1) is 11.9 Å². The molecule has 2 N–H and O–H groups in total. The molecule has 2 aromatic rings. The van der Waals surface area contributed by atoms with Crippen LogP contribution in [0, 0.1) is 0 Å². The second kappa shape index (κ2) is 4.78. The maximum atomic E-state index is 11.4. The lowest BCUT2D eigenvalue weighted by molar-refractivity contribution is 0.569. The maximum Gasteiger partial charge on any atom is 0.209 e. The molecule has 0 amide bonds. The van der Waals surface area contributed by atoms with Crippen molar-refractivity contribution in [2.24, 2.45) is 0 Å². The molecule has 0 radical (unpaired) electrons. The van der Waals surface area contributed by atoms with E-state index in [1.807, 2.05) is 20.8 Å². The molecule has 8 heteroatoms. The minimum Gasteiger partial charge on any atom is -0.382 e. The number of hydrogen-bond donors (Lipinski definition) is 1. The summed E-state index contributed by atoms with van der Waals surface area (Å²) in [6, 6.07) is 0. The second-order valence-corrected chi connectivity index (χ2v) is 8.56. The van der Waals surface area contributed by atoms with E-state index in [9.17, 15) is 8.42 Å². The lowest BCUT2D eigenvalue weighted by atomic mass is 9.91. The van der Waals surface area contributed by atoms with Crippen molar-refractivity contribution >= 4 is 27.0 Å². The van der Waals surface area contributed by atoms with E-state index in [0.29, 0.717) is 22.9 Å². The Bertz CT molecular complexity index is 745. The van der Waals surface area contributed by atoms with E-state index < -0.39 is 9.84 Å². The highest BCUT2D eigenvalue weighted by Crippen LogP contribution is 2.28. The number of anilines is 1. The topological polar surface area (TPSA) is 98.8 Å². The fourth-order valence-electron chi connectivity index (χ4n) is 1.62. The molecule has 20 heavy (non-hydrogen) atoms. The van der Waals surface area contributed by atoms with Crippen molar-refractivity contribution < 1.29 is 8.42 Å². The van der Waals surface area contributed by atoms with Gasteiger partial charge in [0, 0.05) is 17.1 Å². The molecule has 0 aromatic carbocycles. The van der Waals surface area contributed by atoms with Crippen molar-refractivity contribution in [2.75, 3.05) is 12.0 Å². The third kappa shape index (κ3) is 2.96. The number of nitrogen functional groups attached to an aromatic ring is 1. The Morgan fingerprint density at radius 3 is 2.35 bits per heavy atom. The van der Waals surface area contributed by atoms with Crippen molar-refractivity contribution in [1.82, 2.24) is 15.0 Å². The van der Waals surface area contributed by atoms with Crippen LogP contribution in [-0.4, -0.2) is 29.6 Å². The summed E-state index contributed by atoms with van der Waals surface area (Å²) in [7, 11) is -3.30. The molecule has 2 heterocycles. The van der Waals surface area contributed by atoms with Crippen molar-refractivity contribution in [3.05, 3.63) is 17.3 Å². The largest absolute Gasteiger partial charge is 0.382 e. The molecule has 0 aliphatic carbocycles. The molecule has 2 rings (SSSR count). The number of sulfone groups is 1. The van der Waals surface area contributed by atoms with Crippen molar-refractivity contribution in [2.45, 2.75) is 30.5 Å². The standard InChI is InChI=1S/C12H16N4O2S2/c1-12(2,3)9-10(13)14-5-7(15-9)8-6-19-11(16-8)20(4,17)18/h5-6H,1-4H3,(H2,13,14). The molecule has 0 saturated heterocycles. The quantitative estimate of drug-likeness (QED) is 0.909. The van der Waals surface area contributed by atoms with Gasteiger partial charge in [-0.25, -0.2) is 23.4 Å². The zero-order chi connectivity index (χ0) is 15.1. The van der Waals surface area contributed by atoms with Gasteiger partial charge in [0.1, 0.15) is 17.2 Å². The molecule has 0 atom stereocenters. The number of rotatable bonds is 2. The van der Waals surface area contributed by atoms with Crippen molar-refractivity contribution in [3.63, 3.8) is 0 Å². The fraction of sp³-hybridized carbons (Fsp3) is 0.417. The molecule has 2 aromatic heterocycles. The first-order valence-electron chi connectivity index (χ1n) is 5.88. The third-order valence-electron chi connectivity index (χ3n) is 2.57. The van der Waals surface area contributed by atoms with Gasteiger partial charge in [-0.05, 0) is 0 Å². The highest BCUT2D eigenvalue weighted by Gasteiger charge is 2.22. The molecule has 0 aliphatic rings. The number of thiazole rings is 1. The lowest BCUT2D eigenvalue weighted by Crippen LogP contribution is -2.17. The van der Waals surface area contributed by atoms with Crippen LogP contribution in [0.3, 0.4) is 0 Å². The van der Waals surface area contributed by atoms with Gasteiger partial charge in [0.15, 0.2) is 0 Å². The molecule has 0 saturated carbocycles. The van der Waals surface area contributed by atoms with E-state index in [0.717, 1.165) is 17.6 Å². The van der Waals surface area contributed by atoms with Crippen LogP contribution in [0.15, 0.2) is 15.9 Å². The van der Waals surface area contributed by atoms with Gasteiger partial charge < -0.3 is 5.73 Å². The molecule has 0 spiro atoms. The minimum absolute atomic E-state index is 0.0726. The number of nitrogens with zero attached hydrogens (tertiary/aromatic N) is 3. The molecule has 0 fully saturated rings. The van der Waals surface area contributed by atoms with Crippen LogP contribution in [0.4, 0.5) is 5.82 Å². The average molecular weight is 312 g/mol. The minimum atomic E-state index is -3.30. The van der Waals surface area contributed by atoms with Crippen LogP contribution in [0.5, 0.6) is 0 Å². The van der Waals surface area contributed by atoms with Crippen molar-refractivity contribution in [1.29, 1.82) is 0 Å². The smallest absolute Gasteiger partial charge is 0.209 e. The Morgan fingerprint density at radius 1 is 1.20 bits per heavy atom. The van der Waals surface area contributed by atoms with Gasteiger partial charge in [-0.15, -0.1) is 11.3 Å². The number of nitrogens with two attached hydrogens (primary N) is 1. The predicted octanol–water partition coefficient (Wildman–Crippen LogP) is 1.88. The Hall–Kier alpha value is -1.54. The maximum absolute atomic E-state index is 11.4. The fourth-order valence-corrected chi connectivity index (χ4v) is 3.26. The van der Waals surface area contributed by atoms with Gasteiger partial charge in [-0.3, -0.25) is 0 Å². The van der Waals surface area contributed by atoms with Gasteiger partial charge in [0.25, 0.3) is 0 Å². The second-order valence-electron chi connectivity index (χ2n) is 5.51. The highest BCUT2D eigenvalue weighted by atomic mass is 32.2. The van der Waals surface area contributed by atoms with E-state index in [2.05, 4.69) is 15.0 Å². The summed E-state index contributed by atoms with van der Waals surface area (Å²) < 4.78 is 23.0. The summed E-state index contributed by atoms with van der Waals surface area (Å²) in [4.78, 5) is 12.7. The van der Waals surface area contributed by atoms with Crippen LogP contribution in [-0.2, 0) is 15.3 Å². The summed E-state index contributed by atoms with van der Waals surface area (Å²) in [5, 5.41) is 1.66. The molecular formula is C12H16N4O2S2. The summed E-state index contributed by atoms with van der Waals surface area (Å²) in [5.41, 5.74) is 7.28. The summed E-state index contributed by atoms with van der Waals surface area (Å²) in [6.45, 7) is 5.96. The summed E-state index contributed by atoms with van der Waals surface area (Å²) >= 11 is 1.07. The van der Waals surface area contributed by atoms with Crippen molar-refractivity contribution in [3.8, 4) is 11.4 Å². The predicted molar refractivity (Wildman–Crippen MR) is 79.4 cm³/mol. The Balaban J connectivity index is 2.52. The van der Waals surface area contributed by atoms with E-state index >= 15 is 0 Å². The number of aromatic nitrogens is 3. The molecule has 108 valence electrons. The Morgan fingerprint density at radius 2 is 1.85 bits per heavy atom. The van der Waals surface area contributed by atoms with E-state index in [4.69, 9.17) is 5.73 Å². The molecule has 0 aliphatic heterocycles. The molecule has 0 bridgehead atoms. The monoisotopic (exact) mass is 312 g/mol. The zero-order valence-corrected chi connectivity index (χ0v) is 13.3. The highest BCUT2D eigenvalue weighted by molar-refractivity contribution is 7.92. The lowest BCUT2D eigenvalue weighted by Gasteiger charge is -2.19. The Kier molecular flexibility index (Phi) is 3.55. The molecular weight excluding hydrogens is 296 g/mol. The molecule has 6 nitrogen and oxygen atoms in total. The average Bonchev–Trinajstić information content (AvgIpc) is 2.77. The van der Waals surface area contributed by atoms with Crippen LogP contribution in [0.25, 0.3) is 11.4 Å². The van der Waals surface area contributed by atoms with Gasteiger partial charge in [-0.2, -0.15) is 0 Å². The van der Waals surface area contributed by atoms with Crippen LogP contribution >= 0.6 is 11.3 Å². The van der Waals surface area contributed by atoms with Crippen LogP contribution in [0.2, 0.25) is 0 Å². The van der Waals surface area contributed by atoms with Crippen LogP contribution < -0.4 is 5.73 Å². The molecule has 0 unspecified atom stereocenters. The van der Waals surface area contributed by atoms with E-state index in [1.165, 1.54) is 6.20 Å². The SMILES string of the molecule is CC(C)(C)c1nc(-c2csc(S(C)(=O)=O)n2)cnc1N. The third-order valence-corrected chi connectivity index (χ3v) is 5.13. The van der Waals surface area contributed by atoms with E-state index in [1.54, 1.807) is 5.38 Å². The first-order chi connectivity index (χ1) is 9.09. The van der Waals surface area contributed by atoms with E-state index in [-0.39, 0.29) is 9.75 Å².